The Morgan fingerprint density at radius 3 is 3.50 bits per heavy atom. The number of rotatable bonds is 0. The van der Waals surface area contributed by atoms with Crippen LogP contribution in [0.25, 0.3) is 0 Å². The van der Waals surface area contributed by atoms with Crippen LogP contribution in [0.2, 0.25) is 0 Å². The second kappa shape index (κ2) is 1.76. The van der Waals surface area contributed by atoms with Crippen molar-refractivity contribution < 1.29 is 0 Å². The molecule has 0 aromatic carbocycles. The molecule has 1 aliphatic heterocycles. The van der Waals surface area contributed by atoms with Crippen LogP contribution < -0.4 is 4.72 Å². The van der Waals surface area contributed by atoms with Crippen molar-refractivity contribution in [3.8, 4) is 0 Å². The van der Waals surface area contributed by atoms with E-state index in [2.05, 4.69) is 16.2 Å². The van der Waals surface area contributed by atoms with Gasteiger partial charge in [0.05, 0.1) is 0 Å². The summed E-state index contributed by atoms with van der Waals surface area (Å²) in [5.41, 5.74) is 0. The predicted molar refractivity (Wildman–Crippen MR) is 37.0 cm³/mol. The molecule has 0 aliphatic carbocycles. The van der Waals surface area contributed by atoms with Crippen molar-refractivity contribution in [3.63, 3.8) is 0 Å². The summed E-state index contributed by atoms with van der Waals surface area (Å²) in [5.74, 6) is 0. The summed E-state index contributed by atoms with van der Waals surface area (Å²) in [6.07, 6.45) is 0. The van der Waals surface area contributed by atoms with Crippen LogP contribution in [0.15, 0.2) is 16.3 Å². The Bertz CT molecular complexity index is 176. The first-order chi connectivity index (χ1) is 3.97. The summed E-state index contributed by atoms with van der Waals surface area (Å²) in [5, 5.41) is 2.14. The van der Waals surface area contributed by atoms with E-state index >= 15 is 0 Å². The first kappa shape index (κ1) is 4.85. The van der Waals surface area contributed by atoms with Gasteiger partial charge in [-0.15, -0.1) is 11.3 Å². The third kappa shape index (κ3) is 0.589. The minimum atomic E-state index is 1.05. The smallest absolute Gasteiger partial charge is 0.0419 e. The SMILES string of the molecule is c1cc2c(s1)CNS2. The van der Waals surface area contributed by atoms with Crippen molar-refractivity contribution in [2.45, 2.75) is 11.4 Å². The summed E-state index contributed by atoms with van der Waals surface area (Å²) in [4.78, 5) is 2.89. The van der Waals surface area contributed by atoms with E-state index in [0.29, 0.717) is 0 Å². The molecule has 0 bridgehead atoms. The fourth-order valence-electron chi connectivity index (χ4n) is 0.728. The van der Waals surface area contributed by atoms with Crippen LogP contribution in [-0.2, 0) is 6.54 Å². The fraction of sp³-hybridized carbons (Fsp3) is 0.200. The zero-order valence-corrected chi connectivity index (χ0v) is 5.81. The maximum absolute atomic E-state index is 3.19. The van der Waals surface area contributed by atoms with Crippen molar-refractivity contribution in [2.24, 2.45) is 0 Å². The van der Waals surface area contributed by atoms with Crippen molar-refractivity contribution in [2.75, 3.05) is 0 Å². The van der Waals surface area contributed by atoms with E-state index in [9.17, 15) is 0 Å². The van der Waals surface area contributed by atoms with Crippen molar-refractivity contribution in [1.29, 1.82) is 0 Å². The second-order valence-corrected chi connectivity index (χ2v) is 3.56. The van der Waals surface area contributed by atoms with E-state index in [1.807, 2.05) is 11.3 Å². The Morgan fingerprint density at radius 1 is 1.62 bits per heavy atom. The van der Waals surface area contributed by atoms with Crippen molar-refractivity contribution in [3.05, 3.63) is 16.3 Å². The van der Waals surface area contributed by atoms with E-state index in [4.69, 9.17) is 0 Å². The van der Waals surface area contributed by atoms with Gasteiger partial charge >= 0.3 is 0 Å². The van der Waals surface area contributed by atoms with Gasteiger partial charge in [-0.25, -0.2) is 0 Å². The van der Waals surface area contributed by atoms with Gasteiger partial charge in [-0.2, -0.15) is 0 Å². The molecule has 42 valence electrons. The highest BCUT2D eigenvalue weighted by molar-refractivity contribution is 7.97. The molecule has 0 amide bonds. The predicted octanol–water partition coefficient (Wildman–Crippen LogP) is 1.86. The van der Waals surface area contributed by atoms with Gasteiger partial charge < -0.3 is 0 Å². The van der Waals surface area contributed by atoms with Crippen LogP contribution in [0.4, 0.5) is 0 Å². The molecule has 0 saturated carbocycles. The van der Waals surface area contributed by atoms with Crippen molar-refractivity contribution >= 4 is 23.3 Å². The Labute approximate surface area is 56.2 Å². The fourth-order valence-corrected chi connectivity index (χ4v) is 2.58. The quantitative estimate of drug-likeness (QED) is 0.556. The van der Waals surface area contributed by atoms with Gasteiger partial charge in [-0.05, 0) is 23.4 Å². The Hall–Kier alpha value is 0.01000. The molecule has 0 radical (unpaired) electrons. The molecular formula is C5H5NS2. The van der Waals surface area contributed by atoms with Gasteiger partial charge in [0, 0.05) is 16.3 Å². The standard InChI is InChI=1S/C5H5NS2/c1-2-7-5-3-6-8-4(1)5/h1-2,6H,3H2. The molecule has 1 aromatic heterocycles. The summed E-state index contributed by atoms with van der Waals surface area (Å²) in [6, 6.07) is 2.16. The second-order valence-electron chi connectivity index (χ2n) is 1.63. The lowest BCUT2D eigenvalue weighted by Gasteiger charge is -1.80. The maximum Gasteiger partial charge on any atom is 0.0419 e. The minimum absolute atomic E-state index is 1.05. The van der Waals surface area contributed by atoms with Crippen LogP contribution in [-0.4, -0.2) is 0 Å². The van der Waals surface area contributed by atoms with Gasteiger partial charge in [-0.1, -0.05) is 0 Å². The summed E-state index contributed by atoms with van der Waals surface area (Å²) >= 11 is 3.56. The largest absolute Gasteiger partial charge is 0.255 e. The van der Waals surface area contributed by atoms with Crippen LogP contribution >= 0.6 is 23.3 Å². The van der Waals surface area contributed by atoms with Gasteiger partial charge in [0.1, 0.15) is 0 Å². The number of thiophene rings is 1. The molecule has 0 unspecified atom stereocenters. The molecule has 0 spiro atoms. The van der Waals surface area contributed by atoms with E-state index in [-0.39, 0.29) is 0 Å². The molecule has 1 aromatic rings. The van der Waals surface area contributed by atoms with E-state index in [0.717, 1.165) is 6.54 Å². The molecule has 2 rings (SSSR count). The molecular weight excluding hydrogens is 138 g/mol. The summed E-state index contributed by atoms with van der Waals surface area (Å²) in [6.45, 7) is 1.05. The Morgan fingerprint density at radius 2 is 2.62 bits per heavy atom. The molecule has 8 heavy (non-hydrogen) atoms. The third-order valence-corrected chi connectivity index (χ3v) is 3.06. The van der Waals surface area contributed by atoms with E-state index in [1.54, 1.807) is 11.9 Å². The zero-order chi connectivity index (χ0) is 5.40. The number of hydrogen-bond acceptors (Lipinski definition) is 3. The van der Waals surface area contributed by atoms with Gasteiger partial charge in [-0.3, -0.25) is 4.72 Å². The van der Waals surface area contributed by atoms with Gasteiger partial charge in [0.15, 0.2) is 0 Å². The van der Waals surface area contributed by atoms with Gasteiger partial charge in [0.2, 0.25) is 0 Å². The third-order valence-electron chi connectivity index (χ3n) is 1.12. The molecule has 1 aliphatic rings. The molecule has 0 saturated heterocycles. The summed E-state index contributed by atoms with van der Waals surface area (Å²) in [7, 11) is 0. The maximum atomic E-state index is 3.19. The Balaban J connectivity index is 2.54. The average molecular weight is 143 g/mol. The Kier molecular flexibility index (Phi) is 1.06. The zero-order valence-electron chi connectivity index (χ0n) is 4.18. The molecule has 0 atom stereocenters. The molecule has 1 N–H and O–H groups in total. The van der Waals surface area contributed by atoms with Crippen molar-refractivity contribution in [1.82, 2.24) is 4.72 Å². The first-order valence-electron chi connectivity index (χ1n) is 2.43. The number of nitrogens with one attached hydrogen (secondary N) is 1. The molecule has 1 nitrogen and oxygen atoms in total. The lowest BCUT2D eigenvalue weighted by molar-refractivity contribution is 1.02. The van der Waals surface area contributed by atoms with E-state index in [1.165, 1.54) is 9.77 Å². The monoisotopic (exact) mass is 143 g/mol. The van der Waals surface area contributed by atoms with Crippen LogP contribution in [0, 0.1) is 0 Å². The molecule has 0 fully saturated rings. The van der Waals surface area contributed by atoms with Gasteiger partial charge in [0.25, 0.3) is 0 Å². The highest BCUT2D eigenvalue weighted by Gasteiger charge is 2.10. The average Bonchev–Trinajstić information content (AvgIpc) is 2.15. The van der Waals surface area contributed by atoms with Crippen LogP contribution in [0.1, 0.15) is 4.88 Å². The number of hydrogen-bond donors (Lipinski definition) is 1. The highest BCUT2D eigenvalue weighted by Crippen LogP contribution is 2.30. The van der Waals surface area contributed by atoms with Crippen LogP contribution in [0.5, 0.6) is 0 Å². The number of fused-ring (bicyclic) bond motifs is 1. The van der Waals surface area contributed by atoms with Crippen LogP contribution in [0.3, 0.4) is 0 Å². The molecule has 3 heteroatoms. The first-order valence-corrected chi connectivity index (χ1v) is 4.12. The summed E-state index contributed by atoms with van der Waals surface area (Å²) < 4.78 is 3.19. The lowest BCUT2D eigenvalue weighted by Crippen LogP contribution is -1.90. The lowest BCUT2D eigenvalue weighted by atomic mass is 10.5. The topological polar surface area (TPSA) is 12.0 Å². The molecule has 2 heterocycles. The normalized spacial score (nSPS) is 16.5. The highest BCUT2D eigenvalue weighted by atomic mass is 32.2. The van der Waals surface area contributed by atoms with E-state index < -0.39 is 0 Å². The minimum Gasteiger partial charge on any atom is -0.255 e.